The Hall–Kier alpha value is -2.01. The third-order valence-electron chi connectivity index (χ3n) is 5.55. The molecular weight excluding hydrogens is 420 g/mol. The fraction of sp³-hybridized carbons (Fsp3) is 0.619. The van der Waals surface area contributed by atoms with Gasteiger partial charge >= 0.3 is 0 Å². The van der Waals surface area contributed by atoms with Gasteiger partial charge in [-0.15, -0.1) is 0 Å². The molecule has 2 heterocycles. The second-order valence-electron chi connectivity index (χ2n) is 7.89. The highest BCUT2D eigenvalue weighted by atomic mass is 32.2. The normalized spacial score (nSPS) is 20.4. The molecule has 2 aliphatic rings. The minimum Gasteiger partial charge on any atom is -0.377 e. The third kappa shape index (κ3) is 6.73. The predicted molar refractivity (Wildman–Crippen MR) is 116 cm³/mol. The van der Waals surface area contributed by atoms with Crippen molar-refractivity contribution in [1.29, 1.82) is 0 Å². The van der Waals surface area contributed by atoms with Crippen LogP contribution in [-0.2, 0) is 19.6 Å². The SMILES string of the molecule is CCNC(=O)CN1CCCN(C(=O)c2ccc(S(=O)(=O)NCC3CCCO3)cc2)CC1. The summed E-state index contributed by atoms with van der Waals surface area (Å²) in [6.07, 6.45) is 2.51. The predicted octanol–water partition coefficient (Wildman–Crippen LogP) is 0.428. The van der Waals surface area contributed by atoms with Crippen molar-refractivity contribution in [3.05, 3.63) is 29.8 Å². The largest absolute Gasteiger partial charge is 0.377 e. The molecule has 1 unspecified atom stereocenters. The summed E-state index contributed by atoms with van der Waals surface area (Å²) in [7, 11) is -3.64. The van der Waals surface area contributed by atoms with Crippen LogP contribution in [0.2, 0.25) is 0 Å². The van der Waals surface area contributed by atoms with Gasteiger partial charge in [-0.3, -0.25) is 14.5 Å². The van der Waals surface area contributed by atoms with Crippen LogP contribution in [0.1, 0.15) is 36.5 Å². The Balaban J connectivity index is 1.55. The van der Waals surface area contributed by atoms with Gasteiger partial charge in [0.2, 0.25) is 15.9 Å². The molecule has 2 amide bonds. The van der Waals surface area contributed by atoms with Crippen LogP contribution >= 0.6 is 0 Å². The van der Waals surface area contributed by atoms with E-state index in [0.717, 1.165) is 25.8 Å². The number of amides is 2. The number of carbonyl (C=O) groups is 2. The third-order valence-corrected chi connectivity index (χ3v) is 6.99. The molecule has 0 radical (unpaired) electrons. The van der Waals surface area contributed by atoms with Crippen LogP contribution in [-0.4, -0.2) is 88.6 Å². The van der Waals surface area contributed by atoms with Crippen molar-refractivity contribution in [2.45, 2.75) is 37.2 Å². The summed E-state index contributed by atoms with van der Waals surface area (Å²) in [4.78, 5) is 28.6. The monoisotopic (exact) mass is 452 g/mol. The van der Waals surface area contributed by atoms with Crippen molar-refractivity contribution in [2.75, 3.05) is 52.4 Å². The molecule has 172 valence electrons. The maximum Gasteiger partial charge on any atom is 0.253 e. The highest BCUT2D eigenvalue weighted by Crippen LogP contribution is 2.15. The van der Waals surface area contributed by atoms with Gasteiger partial charge in [0.05, 0.1) is 17.5 Å². The quantitative estimate of drug-likeness (QED) is 0.592. The molecule has 2 aliphatic heterocycles. The molecule has 0 spiro atoms. The van der Waals surface area contributed by atoms with Gasteiger partial charge in [0.15, 0.2) is 0 Å². The summed E-state index contributed by atoms with van der Waals surface area (Å²) in [5, 5.41) is 2.79. The number of hydrogen-bond donors (Lipinski definition) is 2. The van der Waals surface area contributed by atoms with E-state index in [-0.39, 0.29) is 29.4 Å². The molecule has 2 saturated heterocycles. The number of nitrogens with zero attached hydrogens (tertiary/aromatic N) is 2. The maximum atomic E-state index is 12.9. The van der Waals surface area contributed by atoms with E-state index in [4.69, 9.17) is 4.74 Å². The highest BCUT2D eigenvalue weighted by molar-refractivity contribution is 7.89. The Morgan fingerprint density at radius 1 is 1.10 bits per heavy atom. The van der Waals surface area contributed by atoms with Crippen LogP contribution in [0.3, 0.4) is 0 Å². The van der Waals surface area contributed by atoms with Crippen molar-refractivity contribution >= 4 is 21.8 Å². The molecule has 9 nitrogen and oxygen atoms in total. The van der Waals surface area contributed by atoms with E-state index >= 15 is 0 Å². The number of rotatable bonds is 8. The molecule has 3 rings (SSSR count). The number of carbonyl (C=O) groups excluding carboxylic acids is 2. The first kappa shape index (κ1) is 23.6. The van der Waals surface area contributed by atoms with Crippen LogP contribution in [0.25, 0.3) is 0 Å². The van der Waals surface area contributed by atoms with Crippen molar-refractivity contribution < 1.29 is 22.7 Å². The molecule has 1 aromatic rings. The molecule has 0 bridgehead atoms. The highest BCUT2D eigenvalue weighted by Gasteiger charge is 2.23. The van der Waals surface area contributed by atoms with Crippen LogP contribution in [0.4, 0.5) is 0 Å². The van der Waals surface area contributed by atoms with Gasteiger partial charge in [0.1, 0.15) is 0 Å². The summed E-state index contributed by atoms with van der Waals surface area (Å²) in [6, 6.07) is 6.04. The smallest absolute Gasteiger partial charge is 0.253 e. The fourth-order valence-corrected chi connectivity index (χ4v) is 4.91. The van der Waals surface area contributed by atoms with Crippen molar-refractivity contribution in [3.8, 4) is 0 Å². The lowest BCUT2D eigenvalue weighted by Crippen LogP contribution is -2.40. The van der Waals surface area contributed by atoms with Gasteiger partial charge in [-0.05, 0) is 50.5 Å². The van der Waals surface area contributed by atoms with Gasteiger partial charge < -0.3 is 15.0 Å². The molecule has 1 aromatic carbocycles. The van der Waals surface area contributed by atoms with Crippen LogP contribution < -0.4 is 10.0 Å². The van der Waals surface area contributed by atoms with E-state index in [9.17, 15) is 18.0 Å². The molecule has 31 heavy (non-hydrogen) atoms. The minimum absolute atomic E-state index is 0.00724. The van der Waals surface area contributed by atoms with Crippen molar-refractivity contribution in [1.82, 2.24) is 19.8 Å². The van der Waals surface area contributed by atoms with Gasteiger partial charge in [-0.1, -0.05) is 0 Å². The standard InChI is InChI=1S/C21H32N4O5S/c1-2-22-20(26)16-24-10-4-11-25(13-12-24)21(27)17-6-8-19(9-7-17)31(28,29)23-15-18-5-3-14-30-18/h6-9,18,23H,2-5,10-16H2,1H3,(H,22,26). The zero-order valence-electron chi connectivity index (χ0n) is 18.0. The van der Waals surface area contributed by atoms with E-state index in [2.05, 4.69) is 10.0 Å². The van der Waals surface area contributed by atoms with E-state index < -0.39 is 10.0 Å². The molecule has 0 saturated carbocycles. The summed E-state index contributed by atoms with van der Waals surface area (Å²) in [5.74, 6) is -0.136. The second kappa shape index (κ2) is 11.0. The number of ether oxygens (including phenoxy) is 1. The zero-order chi connectivity index (χ0) is 22.3. The van der Waals surface area contributed by atoms with Gasteiger partial charge in [0.25, 0.3) is 5.91 Å². The Kier molecular flexibility index (Phi) is 8.42. The average molecular weight is 453 g/mol. The lowest BCUT2D eigenvalue weighted by atomic mass is 10.2. The van der Waals surface area contributed by atoms with Crippen LogP contribution in [0, 0.1) is 0 Å². The number of benzene rings is 1. The molecular formula is C21H32N4O5S. The van der Waals surface area contributed by atoms with Crippen molar-refractivity contribution in [2.24, 2.45) is 0 Å². The van der Waals surface area contributed by atoms with E-state index in [0.29, 0.717) is 44.9 Å². The van der Waals surface area contributed by atoms with E-state index in [1.165, 1.54) is 12.1 Å². The summed E-state index contributed by atoms with van der Waals surface area (Å²) >= 11 is 0. The first-order valence-corrected chi connectivity index (χ1v) is 12.4. The van der Waals surface area contributed by atoms with Crippen LogP contribution in [0.15, 0.2) is 29.2 Å². The van der Waals surface area contributed by atoms with E-state index in [1.807, 2.05) is 11.8 Å². The minimum atomic E-state index is -3.64. The summed E-state index contributed by atoms with van der Waals surface area (Å²) in [6.45, 7) is 6.27. The molecule has 10 heteroatoms. The number of hydrogen-bond acceptors (Lipinski definition) is 6. The topological polar surface area (TPSA) is 108 Å². The Bertz CT molecular complexity index is 853. The van der Waals surface area contributed by atoms with Crippen LogP contribution in [0.5, 0.6) is 0 Å². The van der Waals surface area contributed by atoms with Gasteiger partial charge in [0, 0.05) is 51.4 Å². The molecule has 2 fully saturated rings. The Morgan fingerprint density at radius 2 is 1.87 bits per heavy atom. The number of nitrogens with one attached hydrogen (secondary N) is 2. The lowest BCUT2D eigenvalue weighted by Gasteiger charge is -2.22. The molecule has 0 aromatic heterocycles. The zero-order valence-corrected chi connectivity index (χ0v) is 18.8. The fourth-order valence-electron chi connectivity index (χ4n) is 3.84. The average Bonchev–Trinajstić information content (AvgIpc) is 3.18. The number of likely N-dealkylation sites (N-methyl/N-ethyl adjacent to an activating group) is 1. The maximum absolute atomic E-state index is 12.9. The molecule has 2 N–H and O–H groups in total. The first-order valence-electron chi connectivity index (χ1n) is 10.9. The van der Waals surface area contributed by atoms with Gasteiger partial charge in [-0.2, -0.15) is 0 Å². The molecule has 1 atom stereocenters. The molecule has 0 aliphatic carbocycles. The van der Waals surface area contributed by atoms with E-state index in [1.54, 1.807) is 17.0 Å². The van der Waals surface area contributed by atoms with Gasteiger partial charge in [-0.25, -0.2) is 13.1 Å². The lowest BCUT2D eigenvalue weighted by molar-refractivity contribution is -0.122. The van der Waals surface area contributed by atoms with Crippen molar-refractivity contribution in [3.63, 3.8) is 0 Å². The Morgan fingerprint density at radius 3 is 2.55 bits per heavy atom. The summed E-state index contributed by atoms with van der Waals surface area (Å²) < 4.78 is 33.0. The first-order chi connectivity index (χ1) is 14.9. The Labute approximate surface area is 184 Å². The second-order valence-corrected chi connectivity index (χ2v) is 9.65. The summed E-state index contributed by atoms with van der Waals surface area (Å²) in [5.41, 5.74) is 0.454. The number of sulfonamides is 1.